The van der Waals surface area contributed by atoms with Crippen molar-refractivity contribution in [1.29, 1.82) is 0 Å². The van der Waals surface area contributed by atoms with E-state index in [1.54, 1.807) is 19.1 Å². The van der Waals surface area contributed by atoms with Crippen LogP contribution in [0.3, 0.4) is 0 Å². The second kappa shape index (κ2) is 12.6. The number of oxazole rings is 1. The second-order valence-corrected chi connectivity index (χ2v) is 6.80. The van der Waals surface area contributed by atoms with Gasteiger partial charge in [0.2, 0.25) is 5.89 Å². The van der Waals surface area contributed by atoms with Gasteiger partial charge < -0.3 is 29.4 Å². The number of carbonyl (C=O) groups excluding carboxylic acids is 2. The van der Waals surface area contributed by atoms with Crippen molar-refractivity contribution in [2.24, 2.45) is 0 Å². The molecule has 9 heteroatoms. The molecule has 1 aromatic heterocycles. The number of urea groups is 1. The first-order valence-electron chi connectivity index (χ1n) is 9.86. The maximum absolute atomic E-state index is 12.8. The van der Waals surface area contributed by atoms with Gasteiger partial charge in [-0.25, -0.2) is 9.78 Å². The third-order valence-electron chi connectivity index (χ3n) is 4.25. The first kappa shape index (κ1) is 23.4. The molecule has 0 saturated heterocycles. The minimum absolute atomic E-state index is 0.137. The highest BCUT2D eigenvalue weighted by Crippen LogP contribution is 2.13. The fourth-order valence-corrected chi connectivity index (χ4v) is 2.74. The Balaban J connectivity index is 1.99. The molecule has 164 valence electrons. The third kappa shape index (κ3) is 7.84. The van der Waals surface area contributed by atoms with Gasteiger partial charge in [0, 0.05) is 46.2 Å². The normalized spacial score (nSPS) is 10.6. The molecule has 0 aliphatic carbocycles. The van der Waals surface area contributed by atoms with Crippen LogP contribution in [0, 0.1) is 6.92 Å². The molecule has 2 rings (SSSR count). The molecule has 0 saturated carbocycles. The smallest absolute Gasteiger partial charge is 0.322 e. The molecule has 3 amide bonds. The van der Waals surface area contributed by atoms with Crippen molar-refractivity contribution >= 4 is 17.6 Å². The van der Waals surface area contributed by atoms with Crippen LogP contribution >= 0.6 is 0 Å². The number of methoxy groups -OCH3 is 2. The lowest BCUT2D eigenvalue weighted by Gasteiger charge is -2.21. The third-order valence-corrected chi connectivity index (χ3v) is 4.25. The topological polar surface area (TPSA) is 106 Å². The standard InChI is InChI=1S/C21H30N4O5/c1-16-7-4-8-17(13-16)23-21(27)25(10-6-12-29-3)14-19-24-18(15-30-19)20(26)22-9-5-11-28-2/h4,7-8,13,15H,5-6,9-12,14H2,1-3H3,(H,22,26)(H,23,27). The van der Waals surface area contributed by atoms with Gasteiger partial charge in [-0.3, -0.25) is 4.79 Å². The summed E-state index contributed by atoms with van der Waals surface area (Å²) in [5, 5.41) is 5.64. The molecule has 2 aromatic rings. The van der Waals surface area contributed by atoms with Crippen LogP contribution in [0.1, 0.15) is 34.8 Å². The maximum Gasteiger partial charge on any atom is 0.322 e. The van der Waals surface area contributed by atoms with E-state index in [9.17, 15) is 9.59 Å². The highest BCUT2D eigenvalue weighted by atomic mass is 16.5. The quantitative estimate of drug-likeness (QED) is 0.514. The van der Waals surface area contributed by atoms with Crippen molar-refractivity contribution in [2.75, 3.05) is 45.8 Å². The molecule has 0 aliphatic heterocycles. The summed E-state index contributed by atoms with van der Waals surface area (Å²) in [4.78, 5) is 30.7. The highest BCUT2D eigenvalue weighted by Gasteiger charge is 2.19. The summed E-state index contributed by atoms with van der Waals surface area (Å²) in [5.41, 5.74) is 1.94. The Morgan fingerprint density at radius 2 is 1.93 bits per heavy atom. The van der Waals surface area contributed by atoms with Crippen LogP contribution in [-0.4, -0.2) is 62.3 Å². The van der Waals surface area contributed by atoms with Crippen LogP contribution in [0.4, 0.5) is 10.5 Å². The van der Waals surface area contributed by atoms with E-state index in [2.05, 4.69) is 15.6 Å². The predicted octanol–water partition coefficient (Wildman–Crippen LogP) is 2.82. The molecule has 0 spiro atoms. The van der Waals surface area contributed by atoms with Crippen molar-refractivity contribution in [1.82, 2.24) is 15.2 Å². The Labute approximate surface area is 176 Å². The lowest BCUT2D eigenvalue weighted by Crippen LogP contribution is -2.36. The van der Waals surface area contributed by atoms with Gasteiger partial charge in [-0.15, -0.1) is 0 Å². The monoisotopic (exact) mass is 418 g/mol. The van der Waals surface area contributed by atoms with Gasteiger partial charge in [-0.1, -0.05) is 12.1 Å². The summed E-state index contributed by atoms with van der Waals surface area (Å²) in [7, 11) is 3.22. The zero-order valence-corrected chi connectivity index (χ0v) is 17.8. The largest absolute Gasteiger partial charge is 0.446 e. The first-order valence-corrected chi connectivity index (χ1v) is 9.86. The van der Waals surface area contributed by atoms with Gasteiger partial charge in [-0.2, -0.15) is 0 Å². The van der Waals surface area contributed by atoms with E-state index >= 15 is 0 Å². The lowest BCUT2D eigenvalue weighted by molar-refractivity contribution is 0.0943. The average Bonchev–Trinajstić information content (AvgIpc) is 3.19. The van der Waals surface area contributed by atoms with Crippen molar-refractivity contribution in [2.45, 2.75) is 26.3 Å². The van der Waals surface area contributed by atoms with Gasteiger partial charge in [0.25, 0.3) is 5.91 Å². The van der Waals surface area contributed by atoms with Crippen LogP contribution < -0.4 is 10.6 Å². The van der Waals surface area contributed by atoms with E-state index < -0.39 is 0 Å². The molecule has 0 aliphatic rings. The van der Waals surface area contributed by atoms with Gasteiger partial charge in [0.1, 0.15) is 6.26 Å². The van der Waals surface area contributed by atoms with Crippen molar-refractivity contribution in [3.63, 3.8) is 0 Å². The zero-order chi connectivity index (χ0) is 21.8. The number of benzene rings is 1. The number of ether oxygens (including phenoxy) is 2. The van der Waals surface area contributed by atoms with Crippen molar-refractivity contribution in [3.05, 3.63) is 47.7 Å². The summed E-state index contributed by atoms with van der Waals surface area (Å²) >= 11 is 0. The average molecular weight is 418 g/mol. The zero-order valence-electron chi connectivity index (χ0n) is 17.8. The molecule has 0 radical (unpaired) electrons. The van der Waals surface area contributed by atoms with E-state index in [1.165, 1.54) is 6.26 Å². The molecule has 0 unspecified atom stereocenters. The molecule has 0 atom stereocenters. The van der Waals surface area contributed by atoms with E-state index in [0.29, 0.717) is 44.8 Å². The molecule has 2 N–H and O–H groups in total. The number of hydrogen-bond acceptors (Lipinski definition) is 6. The molecule has 0 bridgehead atoms. The van der Waals surface area contributed by atoms with Crippen LogP contribution in [-0.2, 0) is 16.0 Å². The van der Waals surface area contributed by atoms with Crippen LogP contribution in [0.2, 0.25) is 0 Å². The molecule has 1 heterocycles. The van der Waals surface area contributed by atoms with Crippen LogP contribution in [0.15, 0.2) is 34.9 Å². The minimum Gasteiger partial charge on any atom is -0.446 e. The van der Waals surface area contributed by atoms with Crippen molar-refractivity contribution in [3.8, 4) is 0 Å². The SMILES string of the molecule is COCCCNC(=O)c1coc(CN(CCCOC)C(=O)Nc2cccc(C)c2)n1. The summed E-state index contributed by atoms with van der Waals surface area (Å²) in [6.07, 6.45) is 2.66. The molecular formula is C21H30N4O5. The number of hydrogen-bond donors (Lipinski definition) is 2. The number of anilines is 1. The van der Waals surface area contributed by atoms with E-state index in [-0.39, 0.29) is 30.1 Å². The van der Waals surface area contributed by atoms with E-state index in [4.69, 9.17) is 13.9 Å². The number of nitrogens with one attached hydrogen (secondary N) is 2. The van der Waals surface area contributed by atoms with Crippen LogP contribution in [0.5, 0.6) is 0 Å². The molecule has 30 heavy (non-hydrogen) atoms. The predicted molar refractivity (Wildman–Crippen MR) is 112 cm³/mol. The lowest BCUT2D eigenvalue weighted by atomic mass is 10.2. The Morgan fingerprint density at radius 3 is 2.67 bits per heavy atom. The van der Waals surface area contributed by atoms with Crippen molar-refractivity contribution < 1.29 is 23.5 Å². The molecule has 9 nitrogen and oxygen atoms in total. The number of aromatic nitrogens is 1. The Bertz CT molecular complexity index is 808. The summed E-state index contributed by atoms with van der Waals surface area (Å²) in [6.45, 7) is 4.12. The summed E-state index contributed by atoms with van der Waals surface area (Å²) < 4.78 is 15.5. The number of aryl methyl sites for hydroxylation is 1. The minimum atomic E-state index is -0.323. The number of carbonyl (C=O) groups is 2. The maximum atomic E-state index is 12.8. The fourth-order valence-electron chi connectivity index (χ4n) is 2.74. The Kier molecular flexibility index (Phi) is 9.82. The van der Waals surface area contributed by atoms with E-state index in [1.807, 2.05) is 31.2 Å². The summed E-state index contributed by atoms with van der Waals surface area (Å²) in [6, 6.07) is 7.28. The Hall–Kier alpha value is -2.91. The van der Waals surface area contributed by atoms with Gasteiger partial charge in [0.15, 0.2) is 5.69 Å². The molecule has 0 fully saturated rings. The highest BCUT2D eigenvalue weighted by molar-refractivity contribution is 5.92. The fraction of sp³-hybridized carbons (Fsp3) is 0.476. The van der Waals surface area contributed by atoms with Gasteiger partial charge in [-0.05, 0) is 37.5 Å². The van der Waals surface area contributed by atoms with Gasteiger partial charge in [0.05, 0.1) is 6.54 Å². The number of amides is 3. The molecule has 1 aromatic carbocycles. The van der Waals surface area contributed by atoms with Gasteiger partial charge >= 0.3 is 6.03 Å². The molecular weight excluding hydrogens is 388 g/mol. The Morgan fingerprint density at radius 1 is 1.17 bits per heavy atom. The number of rotatable bonds is 12. The van der Waals surface area contributed by atoms with E-state index in [0.717, 1.165) is 5.56 Å². The second-order valence-electron chi connectivity index (χ2n) is 6.80. The number of nitrogens with zero attached hydrogens (tertiary/aromatic N) is 2. The van der Waals surface area contributed by atoms with Crippen LogP contribution in [0.25, 0.3) is 0 Å². The first-order chi connectivity index (χ1) is 14.5. The summed E-state index contributed by atoms with van der Waals surface area (Å²) in [5.74, 6) is -0.0369.